The second kappa shape index (κ2) is 8.00. The van der Waals surface area contributed by atoms with E-state index in [1.54, 1.807) is 7.11 Å². The van der Waals surface area contributed by atoms with E-state index in [0.717, 1.165) is 18.2 Å². The SMILES string of the molecule is COCCNC(=S)NCC(C)C(C)C. The number of ether oxygens (including phenoxy) is 1. The van der Waals surface area contributed by atoms with Crippen LogP contribution in [-0.4, -0.2) is 31.9 Å². The molecule has 0 aromatic rings. The zero-order chi connectivity index (χ0) is 11.0. The van der Waals surface area contributed by atoms with E-state index in [-0.39, 0.29) is 0 Å². The summed E-state index contributed by atoms with van der Waals surface area (Å²) in [6.07, 6.45) is 0. The van der Waals surface area contributed by atoms with Gasteiger partial charge in [0.25, 0.3) is 0 Å². The second-order valence-corrected chi connectivity index (χ2v) is 4.26. The van der Waals surface area contributed by atoms with Crippen LogP contribution in [0.5, 0.6) is 0 Å². The minimum absolute atomic E-state index is 0.636. The molecule has 0 rings (SSSR count). The molecule has 0 saturated carbocycles. The summed E-state index contributed by atoms with van der Waals surface area (Å²) in [6.45, 7) is 9.02. The molecule has 0 radical (unpaired) electrons. The van der Waals surface area contributed by atoms with Crippen LogP contribution < -0.4 is 10.6 Å². The van der Waals surface area contributed by atoms with Crippen LogP contribution in [0.3, 0.4) is 0 Å². The molecule has 1 atom stereocenters. The molecule has 0 aromatic heterocycles. The van der Waals surface area contributed by atoms with Crippen molar-refractivity contribution in [3.8, 4) is 0 Å². The smallest absolute Gasteiger partial charge is 0.166 e. The first kappa shape index (κ1) is 13.7. The first-order valence-electron chi connectivity index (χ1n) is 5.08. The highest BCUT2D eigenvalue weighted by molar-refractivity contribution is 7.80. The summed E-state index contributed by atoms with van der Waals surface area (Å²) in [5.74, 6) is 1.32. The number of hydrogen-bond acceptors (Lipinski definition) is 2. The van der Waals surface area contributed by atoms with E-state index >= 15 is 0 Å². The molecule has 0 heterocycles. The van der Waals surface area contributed by atoms with Gasteiger partial charge in [0, 0.05) is 20.2 Å². The first-order valence-corrected chi connectivity index (χ1v) is 5.49. The maximum atomic E-state index is 5.09. The van der Waals surface area contributed by atoms with Crippen molar-refractivity contribution in [1.29, 1.82) is 0 Å². The third-order valence-corrected chi connectivity index (χ3v) is 2.60. The number of methoxy groups -OCH3 is 1. The monoisotopic (exact) mass is 218 g/mol. The topological polar surface area (TPSA) is 33.3 Å². The molecule has 3 nitrogen and oxygen atoms in total. The summed E-state index contributed by atoms with van der Waals surface area (Å²) in [4.78, 5) is 0. The number of hydrogen-bond donors (Lipinski definition) is 2. The van der Waals surface area contributed by atoms with Crippen LogP contribution in [-0.2, 0) is 4.74 Å². The summed E-state index contributed by atoms with van der Waals surface area (Å²) in [5, 5.41) is 6.98. The molecule has 0 aliphatic carbocycles. The highest BCUT2D eigenvalue weighted by Gasteiger charge is 2.06. The van der Waals surface area contributed by atoms with Crippen molar-refractivity contribution in [1.82, 2.24) is 10.6 Å². The van der Waals surface area contributed by atoms with Crippen molar-refractivity contribution in [2.45, 2.75) is 20.8 Å². The third-order valence-electron chi connectivity index (χ3n) is 2.31. The van der Waals surface area contributed by atoms with Gasteiger partial charge in [0.1, 0.15) is 0 Å². The maximum Gasteiger partial charge on any atom is 0.166 e. The fourth-order valence-electron chi connectivity index (χ4n) is 0.819. The van der Waals surface area contributed by atoms with Crippen LogP contribution in [0.2, 0.25) is 0 Å². The Bertz CT molecular complexity index is 162. The van der Waals surface area contributed by atoms with Crippen molar-refractivity contribution < 1.29 is 4.74 Å². The van der Waals surface area contributed by atoms with Crippen molar-refractivity contribution in [3.63, 3.8) is 0 Å². The minimum Gasteiger partial charge on any atom is -0.383 e. The van der Waals surface area contributed by atoms with Gasteiger partial charge in [-0.05, 0) is 24.1 Å². The average Bonchev–Trinajstić information content (AvgIpc) is 2.14. The third kappa shape index (κ3) is 7.09. The molecule has 4 heteroatoms. The van der Waals surface area contributed by atoms with Gasteiger partial charge in [-0.25, -0.2) is 0 Å². The van der Waals surface area contributed by atoms with Crippen LogP contribution in [0, 0.1) is 11.8 Å². The molecule has 84 valence electrons. The minimum atomic E-state index is 0.636. The molecule has 2 N–H and O–H groups in total. The average molecular weight is 218 g/mol. The molecule has 0 aliphatic heterocycles. The molecule has 0 aromatic carbocycles. The predicted molar refractivity (Wildman–Crippen MR) is 64.5 cm³/mol. The molecular formula is C10H22N2OS. The van der Waals surface area contributed by atoms with Crippen molar-refractivity contribution in [2.24, 2.45) is 11.8 Å². The Morgan fingerprint density at radius 1 is 1.29 bits per heavy atom. The van der Waals surface area contributed by atoms with E-state index in [9.17, 15) is 0 Å². The summed E-state index contributed by atoms with van der Waals surface area (Å²) >= 11 is 5.09. The van der Waals surface area contributed by atoms with Crippen LogP contribution in [0.4, 0.5) is 0 Å². The molecule has 0 amide bonds. The molecule has 0 spiro atoms. The quantitative estimate of drug-likeness (QED) is 0.521. The van der Waals surface area contributed by atoms with Gasteiger partial charge < -0.3 is 15.4 Å². The first-order chi connectivity index (χ1) is 6.57. The van der Waals surface area contributed by atoms with Crippen LogP contribution in [0.25, 0.3) is 0 Å². The Kier molecular flexibility index (Phi) is 7.80. The summed E-state index contributed by atoms with van der Waals surface area (Å²) in [6, 6.07) is 0. The Labute approximate surface area is 92.6 Å². The van der Waals surface area contributed by atoms with E-state index < -0.39 is 0 Å². The highest BCUT2D eigenvalue weighted by atomic mass is 32.1. The molecule has 0 bridgehead atoms. The molecule has 14 heavy (non-hydrogen) atoms. The van der Waals surface area contributed by atoms with Gasteiger partial charge in [-0.3, -0.25) is 0 Å². The fourth-order valence-corrected chi connectivity index (χ4v) is 1.00. The summed E-state index contributed by atoms with van der Waals surface area (Å²) in [7, 11) is 1.68. The van der Waals surface area contributed by atoms with Crippen LogP contribution in [0.15, 0.2) is 0 Å². The lowest BCUT2D eigenvalue weighted by molar-refractivity contribution is 0.204. The van der Waals surface area contributed by atoms with Gasteiger partial charge in [-0.2, -0.15) is 0 Å². The van der Waals surface area contributed by atoms with Crippen LogP contribution in [0.1, 0.15) is 20.8 Å². The summed E-state index contributed by atoms with van der Waals surface area (Å²) < 4.78 is 4.91. The lowest BCUT2D eigenvalue weighted by Gasteiger charge is -2.17. The van der Waals surface area contributed by atoms with E-state index in [0.29, 0.717) is 18.4 Å². The molecule has 1 unspecified atom stereocenters. The number of thiocarbonyl (C=S) groups is 1. The lowest BCUT2D eigenvalue weighted by Crippen LogP contribution is -2.39. The largest absolute Gasteiger partial charge is 0.383 e. The van der Waals surface area contributed by atoms with Gasteiger partial charge in [0.15, 0.2) is 5.11 Å². The molecular weight excluding hydrogens is 196 g/mol. The zero-order valence-corrected chi connectivity index (χ0v) is 10.4. The Morgan fingerprint density at radius 3 is 2.43 bits per heavy atom. The van der Waals surface area contributed by atoms with Gasteiger partial charge >= 0.3 is 0 Å². The van der Waals surface area contributed by atoms with Gasteiger partial charge in [-0.15, -0.1) is 0 Å². The lowest BCUT2D eigenvalue weighted by atomic mass is 9.98. The van der Waals surface area contributed by atoms with Gasteiger partial charge in [0.2, 0.25) is 0 Å². The van der Waals surface area contributed by atoms with E-state index in [1.807, 2.05) is 0 Å². The normalized spacial score (nSPS) is 12.6. The predicted octanol–water partition coefficient (Wildman–Crippen LogP) is 1.39. The maximum absolute atomic E-state index is 5.09. The molecule has 0 aliphatic rings. The number of nitrogens with one attached hydrogen (secondary N) is 2. The van der Waals surface area contributed by atoms with Crippen LogP contribution >= 0.6 is 12.2 Å². The van der Waals surface area contributed by atoms with Crippen molar-refractivity contribution in [3.05, 3.63) is 0 Å². The Balaban J connectivity index is 3.44. The second-order valence-electron chi connectivity index (χ2n) is 3.85. The highest BCUT2D eigenvalue weighted by Crippen LogP contribution is 2.07. The van der Waals surface area contributed by atoms with Gasteiger partial charge in [0.05, 0.1) is 6.61 Å². The zero-order valence-electron chi connectivity index (χ0n) is 9.59. The fraction of sp³-hybridized carbons (Fsp3) is 0.900. The van der Waals surface area contributed by atoms with E-state index in [4.69, 9.17) is 17.0 Å². The van der Waals surface area contributed by atoms with E-state index in [1.165, 1.54) is 0 Å². The molecule has 0 saturated heterocycles. The Morgan fingerprint density at radius 2 is 1.93 bits per heavy atom. The van der Waals surface area contributed by atoms with Crippen molar-refractivity contribution in [2.75, 3.05) is 26.8 Å². The molecule has 0 fully saturated rings. The Hall–Kier alpha value is -0.350. The number of rotatable bonds is 6. The van der Waals surface area contributed by atoms with E-state index in [2.05, 4.69) is 31.4 Å². The van der Waals surface area contributed by atoms with Gasteiger partial charge in [-0.1, -0.05) is 20.8 Å². The van der Waals surface area contributed by atoms with Crippen molar-refractivity contribution >= 4 is 17.3 Å². The summed E-state index contributed by atoms with van der Waals surface area (Å²) in [5.41, 5.74) is 0. The standard InChI is InChI=1S/C10H22N2OS/c1-8(2)9(3)7-12-10(14)11-5-6-13-4/h8-9H,5-7H2,1-4H3,(H2,11,12,14).